The number of aromatic nitrogens is 1. The van der Waals surface area contributed by atoms with Crippen LogP contribution < -0.4 is 11.1 Å². The molecule has 0 spiro atoms. The fourth-order valence-electron chi connectivity index (χ4n) is 1.76. The molecule has 18 heavy (non-hydrogen) atoms. The Bertz CT molecular complexity index is 415. The van der Waals surface area contributed by atoms with Gasteiger partial charge >= 0.3 is 0 Å². The van der Waals surface area contributed by atoms with Gasteiger partial charge in [0.25, 0.3) is 0 Å². The van der Waals surface area contributed by atoms with Gasteiger partial charge in [0.15, 0.2) is 5.96 Å². The molecule has 1 aliphatic rings. The monoisotopic (exact) mass is 264 g/mol. The Kier molecular flexibility index (Phi) is 4.87. The molecule has 2 rings (SSSR count). The third-order valence-corrected chi connectivity index (χ3v) is 3.79. The van der Waals surface area contributed by atoms with Crippen LogP contribution >= 0.6 is 11.8 Å². The molecule has 5 heteroatoms. The molecule has 0 radical (unpaired) electrons. The maximum atomic E-state index is 5.85. The first-order valence-electron chi connectivity index (χ1n) is 6.42. The standard InChI is InChI=1S/C13H20N4S/c1-2-18-12-8-10(6-7-15-12)9-16-13(14)17-11-4-3-5-11/h6-8,11H,2-5,9H2,1H3,(H3,14,16,17). The van der Waals surface area contributed by atoms with Gasteiger partial charge in [-0.1, -0.05) is 6.92 Å². The number of guanidine groups is 1. The smallest absolute Gasteiger partial charge is 0.189 e. The maximum Gasteiger partial charge on any atom is 0.189 e. The summed E-state index contributed by atoms with van der Waals surface area (Å²) in [7, 11) is 0. The zero-order valence-corrected chi connectivity index (χ0v) is 11.5. The average molecular weight is 264 g/mol. The van der Waals surface area contributed by atoms with Gasteiger partial charge in [-0.25, -0.2) is 9.98 Å². The minimum absolute atomic E-state index is 0.539. The molecule has 1 aromatic heterocycles. The van der Waals surface area contributed by atoms with Gasteiger partial charge in [0.2, 0.25) is 0 Å². The summed E-state index contributed by atoms with van der Waals surface area (Å²) >= 11 is 1.74. The fraction of sp³-hybridized carbons (Fsp3) is 0.538. The van der Waals surface area contributed by atoms with Crippen LogP contribution in [0.3, 0.4) is 0 Å². The van der Waals surface area contributed by atoms with E-state index >= 15 is 0 Å². The maximum absolute atomic E-state index is 5.85. The Morgan fingerprint density at radius 2 is 2.44 bits per heavy atom. The fourth-order valence-corrected chi connectivity index (χ4v) is 2.43. The van der Waals surface area contributed by atoms with E-state index in [1.54, 1.807) is 11.8 Å². The topological polar surface area (TPSA) is 63.3 Å². The highest BCUT2D eigenvalue weighted by molar-refractivity contribution is 7.99. The quantitative estimate of drug-likeness (QED) is 0.486. The number of aliphatic imine (C=N–C) groups is 1. The van der Waals surface area contributed by atoms with Crippen molar-refractivity contribution >= 4 is 17.7 Å². The largest absolute Gasteiger partial charge is 0.370 e. The molecule has 1 heterocycles. The highest BCUT2D eigenvalue weighted by Gasteiger charge is 2.17. The number of nitrogens with two attached hydrogens (primary N) is 1. The van der Waals surface area contributed by atoms with E-state index < -0.39 is 0 Å². The van der Waals surface area contributed by atoms with Gasteiger partial charge in [0.1, 0.15) is 0 Å². The van der Waals surface area contributed by atoms with Gasteiger partial charge in [-0.2, -0.15) is 0 Å². The molecule has 1 fully saturated rings. The molecular weight excluding hydrogens is 244 g/mol. The molecule has 1 aromatic rings. The van der Waals surface area contributed by atoms with Crippen LogP contribution in [-0.4, -0.2) is 22.7 Å². The van der Waals surface area contributed by atoms with E-state index in [0.717, 1.165) is 16.3 Å². The summed E-state index contributed by atoms with van der Waals surface area (Å²) in [6, 6.07) is 4.60. The molecule has 0 aromatic carbocycles. The molecule has 0 unspecified atom stereocenters. The van der Waals surface area contributed by atoms with Crippen molar-refractivity contribution in [3.05, 3.63) is 23.9 Å². The molecular formula is C13H20N4S. The minimum Gasteiger partial charge on any atom is -0.370 e. The van der Waals surface area contributed by atoms with Crippen LogP contribution in [0.1, 0.15) is 31.7 Å². The Morgan fingerprint density at radius 3 is 3.11 bits per heavy atom. The first-order chi connectivity index (χ1) is 8.78. The number of rotatable bonds is 5. The van der Waals surface area contributed by atoms with E-state index in [-0.39, 0.29) is 0 Å². The van der Waals surface area contributed by atoms with Crippen LogP contribution in [0.5, 0.6) is 0 Å². The average Bonchev–Trinajstić information content (AvgIpc) is 2.32. The van der Waals surface area contributed by atoms with Crippen LogP contribution in [0.25, 0.3) is 0 Å². The molecule has 4 nitrogen and oxygen atoms in total. The van der Waals surface area contributed by atoms with Crippen molar-refractivity contribution in [1.29, 1.82) is 0 Å². The molecule has 0 aliphatic heterocycles. The van der Waals surface area contributed by atoms with E-state index in [9.17, 15) is 0 Å². The summed E-state index contributed by atoms with van der Waals surface area (Å²) in [5.74, 6) is 1.59. The van der Waals surface area contributed by atoms with Crippen LogP contribution in [-0.2, 0) is 6.54 Å². The van der Waals surface area contributed by atoms with Crippen molar-refractivity contribution in [2.24, 2.45) is 10.7 Å². The summed E-state index contributed by atoms with van der Waals surface area (Å²) in [6.45, 7) is 2.74. The number of pyridine rings is 1. The predicted octanol–water partition coefficient (Wildman–Crippen LogP) is 2.15. The molecule has 0 saturated heterocycles. The molecule has 1 saturated carbocycles. The Morgan fingerprint density at radius 1 is 1.61 bits per heavy atom. The summed E-state index contributed by atoms with van der Waals surface area (Å²) in [5, 5.41) is 4.28. The van der Waals surface area contributed by atoms with E-state index in [1.165, 1.54) is 19.3 Å². The summed E-state index contributed by atoms with van der Waals surface area (Å²) in [5.41, 5.74) is 7.00. The van der Waals surface area contributed by atoms with Crippen molar-refractivity contribution in [3.63, 3.8) is 0 Å². The van der Waals surface area contributed by atoms with E-state index in [2.05, 4.69) is 28.3 Å². The van der Waals surface area contributed by atoms with Crippen LogP contribution in [0.4, 0.5) is 0 Å². The number of nitrogens with one attached hydrogen (secondary N) is 1. The Labute approximate surface area is 112 Å². The second-order valence-corrected chi connectivity index (χ2v) is 5.69. The van der Waals surface area contributed by atoms with Crippen molar-refractivity contribution in [2.75, 3.05) is 5.75 Å². The number of hydrogen-bond acceptors (Lipinski definition) is 3. The molecule has 0 bridgehead atoms. The van der Waals surface area contributed by atoms with Crippen molar-refractivity contribution < 1.29 is 0 Å². The van der Waals surface area contributed by atoms with E-state index in [1.807, 2.05) is 12.3 Å². The van der Waals surface area contributed by atoms with Gasteiger partial charge < -0.3 is 11.1 Å². The minimum atomic E-state index is 0.539. The lowest BCUT2D eigenvalue weighted by Crippen LogP contribution is -2.43. The zero-order valence-electron chi connectivity index (χ0n) is 10.7. The number of nitrogens with zero attached hydrogens (tertiary/aromatic N) is 2. The molecule has 98 valence electrons. The first kappa shape index (κ1) is 13.2. The van der Waals surface area contributed by atoms with Crippen LogP contribution in [0, 0.1) is 0 Å². The highest BCUT2D eigenvalue weighted by atomic mass is 32.2. The van der Waals surface area contributed by atoms with E-state index in [4.69, 9.17) is 5.73 Å². The second-order valence-electron chi connectivity index (χ2n) is 4.41. The zero-order chi connectivity index (χ0) is 12.8. The SMILES string of the molecule is CCSc1cc(CN=C(N)NC2CCC2)ccn1. The number of thioether (sulfide) groups is 1. The molecule has 0 atom stereocenters. The van der Waals surface area contributed by atoms with Gasteiger partial charge in [-0.05, 0) is 42.7 Å². The second kappa shape index (κ2) is 6.64. The normalized spacial score (nSPS) is 16.4. The Hall–Kier alpha value is -1.23. The van der Waals surface area contributed by atoms with Gasteiger partial charge in [-0.3, -0.25) is 0 Å². The van der Waals surface area contributed by atoms with Crippen molar-refractivity contribution in [3.8, 4) is 0 Å². The van der Waals surface area contributed by atoms with Crippen molar-refractivity contribution in [1.82, 2.24) is 10.3 Å². The van der Waals surface area contributed by atoms with Gasteiger partial charge in [0.05, 0.1) is 11.6 Å². The molecule has 3 N–H and O–H groups in total. The third-order valence-electron chi connectivity index (χ3n) is 2.98. The van der Waals surface area contributed by atoms with E-state index in [0.29, 0.717) is 18.5 Å². The molecule has 1 aliphatic carbocycles. The summed E-state index contributed by atoms with van der Waals surface area (Å²) < 4.78 is 0. The lowest BCUT2D eigenvalue weighted by Gasteiger charge is -2.26. The Balaban J connectivity index is 1.87. The lowest BCUT2D eigenvalue weighted by atomic mass is 9.93. The van der Waals surface area contributed by atoms with Gasteiger partial charge in [-0.15, -0.1) is 11.8 Å². The van der Waals surface area contributed by atoms with Crippen LogP contribution in [0.15, 0.2) is 28.3 Å². The van der Waals surface area contributed by atoms with Crippen molar-refractivity contribution in [2.45, 2.75) is 43.8 Å². The van der Waals surface area contributed by atoms with Crippen LogP contribution in [0.2, 0.25) is 0 Å². The number of hydrogen-bond donors (Lipinski definition) is 2. The molecule has 0 amide bonds. The predicted molar refractivity (Wildman–Crippen MR) is 76.7 cm³/mol. The lowest BCUT2D eigenvalue weighted by molar-refractivity contribution is 0.382. The third kappa shape index (κ3) is 3.91. The summed E-state index contributed by atoms with van der Waals surface area (Å²) in [6.07, 6.45) is 5.55. The first-order valence-corrected chi connectivity index (χ1v) is 7.40. The highest BCUT2D eigenvalue weighted by Crippen LogP contribution is 2.18. The summed E-state index contributed by atoms with van der Waals surface area (Å²) in [4.78, 5) is 8.66. The van der Waals surface area contributed by atoms with Gasteiger partial charge in [0, 0.05) is 12.2 Å².